The normalized spacial score (nSPS) is 28.8. The molecule has 3 rings (SSSR count). The molecule has 2 atom stereocenters. The highest BCUT2D eigenvalue weighted by Crippen LogP contribution is 2.29. The average molecular weight is 230 g/mol. The van der Waals surface area contributed by atoms with Gasteiger partial charge in [0.05, 0.1) is 5.92 Å². The van der Waals surface area contributed by atoms with Gasteiger partial charge in [-0.15, -0.1) is 0 Å². The Bertz CT molecular complexity index is 404. The maximum Gasteiger partial charge on any atom is 0.224 e. The first-order chi connectivity index (χ1) is 8.33. The molecule has 0 aliphatic carbocycles. The monoisotopic (exact) mass is 230 g/mol. The largest absolute Gasteiger partial charge is 0.356 e. The van der Waals surface area contributed by atoms with Gasteiger partial charge in [0.25, 0.3) is 0 Å². The third kappa shape index (κ3) is 2.20. The summed E-state index contributed by atoms with van der Waals surface area (Å²) in [6.07, 6.45) is 1.14. The highest BCUT2D eigenvalue weighted by Gasteiger charge is 2.39. The molecule has 2 heterocycles. The molecule has 1 amide bonds. The van der Waals surface area contributed by atoms with Crippen molar-refractivity contribution in [3.05, 3.63) is 35.9 Å². The first-order valence-electron chi connectivity index (χ1n) is 6.37. The Hall–Kier alpha value is -1.35. The molecule has 0 unspecified atom stereocenters. The summed E-state index contributed by atoms with van der Waals surface area (Å²) in [6.45, 7) is 3.83. The summed E-state index contributed by atoms with van der Waals surface area (Å²) in [5.41, 5.74) is 1.34. The molecule has 0 bridgehead atoms. The Morgan fingerprint density at radius 3 is 2.82 bits per heavy atom. The molecule has 1 N–H and O–H groups in total. The van der Waals surface area contributed by atoms with Crippen LogP contribution in [0.15, 0.2) is 30.3 Å². The van der Waals surface area contributed by atoms with Crippen LogP contribution in [0.1, 0.15) is 12.0 Å². The minimum atomic E-state index is 0.229. The summed E-state index contributed by atoms with van der Waals surface area (Å²) in [6, 6.07) is 10.5. The van der Waals surface area contributed by atoms with Gasteiger partial charge in [0.15, 0.2) is 0 Å². The SMILES string of the molecule is O=C1NCC[C@@H]2CN(Cc3ccccc3)C[C@H]12. The predicted octanol–water partition coefficient (Wildman–Crippen LogP) is 1.25. The fraction of sp³-hybridized carbons (Fsp3) is 0.500. The molecule has 3 nitrogen and oxygen atoms in total. The van der Waals surface area contributed by atoms with Gasteiger partial charge in [0, 0.05) is 26.2 Å². The molecule has 0 spiro atoms. The first-order valence-corrected chi connectivity index (χ1v) is 6.37. The fourth-order valence-electron chi connectivity index (χ4n) is 3.03. The van der Waals surface area contributed by atoms with E-state index in [1.807, 2.05) is 6.07 Å². The highest BCUT2D eigenvalue weighted by atomic mass is 16.2. The van der Waals surface area contributed by atoms with E-state index >= 15 is 0 Å². The number of nitrogens with one attached hydrogen (secondary N) is 1. The number of carbonyl (C=O) groups excluding carboxylic acids is 1. The summed E-state index contributed by atoms with van der Waals surface area (Å²) >= 11 is 0. The van der Waals surface area contributed by atoms with Gasteiger partial charge in [-0.25, -0.2) is 0 Å². The Labute approximate surface area is 102 Å². The van der Waals surface area contributed by atoms with E-state index in [2.05, 4.69) is 34.5 Å². The molecular weight excluding hydrogens is 212 g/mol. The molecule has 2 fully saturated rings. The van der Waals surface area contributed by atoms with Gasteiger partial charge in [-0.1, -0.05) is 30.3 Å². The van der Waals surface area contributed by atoms with Crippen molar-refractivity contribution in [3.8, 4) is 0 Å². The van der Waals surface area contributed by atoms with E-state index in [9.17, 15) is 4.79 Å². The molecule has 90 valence electrons. The number of fused-ring (bicyclic) bond motifs is 1. The third-order valence-electron chi connectivity index (χ3n) is 3.92. The van der Waals surface area contributed by atoms with Gasteiger partial charge in [-0.3, -0.25) is 9.69 Å². The molecular formula is C14H18N2O. The van der Waals surface area contributed by atoms with Gasteiger partial charge >= 0.3 is 0 Å². The van der Waals surface area contributed by atoms with E-state index in [-0.39, 0.29) is 11.8 Å². The standard InChI is InChI=1S/C14H18N2O/c17-14-13-10-16(9-12(13)6-7-15-14)8-11-4-2-1-3-5-11/h1-5,12-13H,6-10H2,(H,15,17)/t12-,13+/m1/s1. The number of amides is 1. The van der Waals surface area contributed by atoms with Gasteiger partial charge in [0.2, 0.25) is 5.91 Å². The first kappa shape index (κ1) is 10.8. The molecule has 0 saturated carbocycles. The Balaban J connectivity index is 1.66. The number of benzene rings is 1. The van der Waals surface area contributed by atoms with Gasteiger partial charge in [0.1, 0.15) is 0 Å². The van der Waals surface area contributed by atoms with Crippen molar-refractivity contribution in [2.24, 2.45) is 11.8 Å². The van der Waals surface area contributed by atoms with Crippen LogP contribution in [-0.4, -0.2) is 30.4 Å². The zero-order chi connectivity index (χ0) is 11.7. The molecule has 3 heteroatoms. The number of piperidine rings is 1. The van der Waals surface area contributed by atoms with Crippen molar-refractivity contribution in [1.29, 1.82) is 0 Å². The van der Waals surface area contributed by atoms with Crippen LogP contribution in [0.3, 0.4) is 0 Å². The van der Waals surface area contributed by atoms with E-state index in [0.29, 0.717) is 5.92 Å². The quantitative estimate of drug-likeness (QED) is 0.829. The topological polar surface area (TPSA) is 32.3 Å². The Morgan fingerprint density at radius 1 is 1.24 bits per heavy atom. The maximum absolute atomic E-state index is 11.7. The lowest BCUT2D eigenvalue weighted by Gasteiger charge is -2.23. The number of nitrogens with zero attached hydrogens (tertiary/aromatic N) is 1. The Kier molecular flexibility index (Phi) is 2.85. The van der Waals surface area contributed by atoms with Gasteiger partial charge < -0.3 is 5.32 Å². The van der Waals surface area contributed by atoms with Crippen LogP contribution >= 0.6 is 0 Å². The molecule has 0 radical (unpaired) electrons. The van der Waals surface area contributed by atoms with E-state index in [0.717, 1.165) is 32.6 Å². The molecule has 2 aliphatic rings. The summed E-state index contributed by atoms with van der Waals surface area (Å²) in [5.74, 6) is 1.07. The zero-order valence-corrected chi connectivity index (χ0v) is 9.93. The van der Waals surface area contributed by atoms with Crippen molar-refractivity contribution in [2.75, 3.05) is 19.6 Å². The smallest absolute Gasteiger partial charge is 0.224 e. The molecule has 1 aromatic carbocycles. The lowest BCUT2D eigenvalue weighted by molar-refractivity contribution is -0.127. The maximum atomic E-state index is 11.7. The second-order valence-electron chi connectivity index (χ2n) is 5.13. The minimum Gasteiger partial charge on any atom is -0.356 e. The molecule has 2 aliphatic heterocycles. The number of likely N-dealkylation sites (tertiary alicyclic amines) is 1. The number of carbonyl (C=O) groups is 1. The predicted molar refractivity (Wildman–Crippen MR) is 66.3 cm³/mol. The molecule has 0 aromatic heterocycles. The summed E-state index contributed by atoms with van der Waals surface area (Å²) in [5, 5.41) is 2.97. The van der Waals surface area contributed by atoms with Gasteiger partial charge in [-0.05, 0) is 17.9 Å². The van der Waals surface area contributed by atoms with E-state index in [4.69, 9.17) is 0 Å². The molecule has 1 aromatic rings. The summed E-state index contributed by atoms with van der Waals surface area (Å²) in [4.78, 5) is 14.1. The van der Waals surface area contributed by atoms with Crippen LogP contribution < -0.4 is 5.32 Å². The fourth-order valence-corrected chi connectivity index (χ4v) is 3.03. The average Bonchev–Trinajstić information content (AvgIpc) is 2.74. The van der Waals surface area contributed by atoms with Crippen molar-refractivity contribution in [2.45, 2.75) is 13.0 Å². The van der Waals surface area contributed by atoms with Crippen LogP contribution in [-0.2, 0) is 11.3 Å². The molecule has 17 heavy (non-hydrogen) atoms. The van der Waals surface area contributed by atoms with Crippen molar-refractivity contribution < 1.29 is 4.79 Å². The summed E-state index contributed by atoms with van der Waals surface area (Å²) in [7, 11) is 0. The van der Waals surface area contributed by atoms with E-state index in [1.165, 1.54) is 5.56 Å². The van der Waals surface area contributed by atoms with E-state index in [1.54, 1.807) is 0 Å². The zero-order valence-electron chi connectivity index (χ0n) is 9.93. The minimum absolute atomic E-state index is 0.229. The van der Waals surface area contributed by atoms with Crippen LogP contribution in [0.2, 0.25) is 0 Å². The lowest BCUT2D eigenvalue weighted by atomic mass is 9.89. The Morgan fingerprint density at radius 2 is 2.06 bits per heavy atom. The number of hydrogen-bond donors (Lipinski definition) is 1. The number of hydrogen-bond acceptors (Lipinski definition) is 2. The second kappa shape index (κ2) is 4.49. The third-order valence-corrected chi connectivity index (χ3v) is 3.92. The van der Waals surface area contributed by atoms with Crippen LogP contribution in [0.5, 0.6) is 0 Å². The van der Waals surface area contributed by atoms with Crippen LogP contribution in [0.4, 0.5) is 0 Å². The van der Waals surface area contributed by atoms with Crippen molar-refractivity contribution in [1.82, 2.24) is 10.2 Å². The summed E-state index contributed by atoms with van der Waals surface area (Å²) < 4.78 is 0. The van der Waals surface area contributed by atoms with Crippen LogP contribution in [0.25, 0.3) is 0 Å². The van der Waals surface area contributed by atoms with Crippen molar-refractivity contribution in [3.63, 3.8) is 0 Å². The lowest BCUT2D eigenvalue weighted by Crippen LogP contribution is -2.41. The number of rotatable bonds is 2. The second-order valence-corrected chi connectivity index (χ2v) is 5.13. The highest BCUT2D eigenvalue weighted by molar-refractivity contribution is 5.80. The van der Waals surface area contributed by atoms with Crippen molar-refractivity contribution >= 4 is 5.91 Å². The van der Waals surface area contributed by atoms with Gasteiger partial charge in [-0.2, -0.15) is 0 Å². The van der Waals surface area contributed by atoms with Crippen LogP contribution in [0, 0.1) is 11.8 Å². The molecule has 2 saturated heterocycles. The van der Waals surface area contributed by atoms with E-state index < -0.39 is 0 Å².